The van der Waals surface area contributed by atoms with Crippen molar-refractivity contribution in [2.24, 2.45) is 0 Å². The largest absolute Gasteiger partial charge is 0.482 e. The number of carbonyl (C=O) groups excluding carboxylic acids is 1. The summed E-state index contributed by atoms with van der Waals surface area (Å²) in [6.45, 7) is 0.845. The third kappa shape index (κ3) is 5.34. The van der Waals surface area contributed by atoms with E-state index < -0.39 is 0 Å². The Morgan fingerprint density at radius 3 is 2.38 bits per heavy atom. The van der Waals surface area contributed by atoms with E-state index in [2.05, 4.69) is 26.3 Å². The topological polar surface area (TPSA) is 69.3 Å². The number of hydrogen-bond acceptors (Lipinski definition) is 4. The molecule has 2 aromatic heterocycles. The average molecular weight is 562 g/mol. The van der Waals surface area contributed by atoms with Gasteiger partial charge in [-0.1, -0.05) is 58.0 Å². The van der Waals surface area contributed by atoms with E-state index in [1.807, 2.05) is 0 Å². The molecule has 6 nitrogen and oxygen atoms in total. The zero-order valence-corrected chi connectivity index (χ0v) is 19.7. The Labute approximate surface area is 199 Å². The Bertz CT molecular complexity index is 1020. The van der Waals surface area contributed by atoms with Gasteiger partial charge in [0.2, 0.25) is 0 Å². The fourth-order valence-electron chi connectivity index (χ4n) is 2.26. The maximum atomic E-state index is 12.2. The van der Waals surface area contributed by atoms with Crippen LogP contribution in [0, 0.1) is 0 Å². The molecule has 0 radical (unpaired) electrons. The summed E-state index contributed by atoms with van der Waals surface area (Å²) in [5.41, 5.74) is 0. The minimum Gasteiger partial charge on any atom is -0.482 e. The van der Waals surface area contributed by atoms with Gasteiger partial charge in [-0.15, -0.1) is 0 Å². The van der Waals surface area contributed by atoms with Crippen molar-refractivity contribution in [3.8, 4) is 5.75 Å². The number of carbonyl (C=O) groups is 1. The number of rotatable bonds is 7. The lowest BCUT2D eigenvalue weighted by atomic mass is 10.3. The highest BCUT2D eigenvalue weighted by Gasteiger charge is 2.21. The molecule has 0 bridgehead atoms. The molecule has 0 saturated carbocycles. The van der Waals surface area contributed by atoms with Crippen molar-refractivity contribution in [3.63, 3.8) is 0 Å². The summed E-state index contributed by atoms with van der Waals surface area (Å²) < 4.78 is 13.6. The van der Waals surface area contributed by atoms with E-state index in [0.717, 1.165) is 4.47 Å². The van der Waals surface area contributed by atoms with Gasteiger partial charge in [-0.2, -0.15) is 5.10 Å². The molecule has 0 atom stereocenters. The lowest BCUT2D eigenvalue weighted by molar-refractivity contribution is 0.0920. The number of nitrogens with one attached hydrogen (secondary N) is 1. The van der Waals surface area contributed by atoms with Crippen LogP contribution in [-0.4, -0.2) is 22.2 Å². The van der Waals surface area contributed by atoms with E-state index in [4.69, 9.17) is 67.2 Å². The second-order valence-electron chi connectivity index (χ2n) is 5.63. The molecule has 2 heterocycles. The summed E-state index contributed by atoms with van der Waals surface area (Å²) in [7, 11) is 0. The lowest BCUT2D eigenvalue weighted by Gasteiger charge is -2.12. The van der Waals surface area contributed by atoms with Crippen molar-refractivity contribution >= 4 is 79.8 Å². The molecule has 0 spiro atoms. The number of halogens is 6. The first-order valence-electron chi connectivity index (χ1n) is 7.97. The van der Waals surface area contributed by atoms with Crippen LogP contribution in [0.25, 0.3) is 0 Å². The molecule has 1 N–H and O–H groups in total. The van der Waals surface area contributed by atoms with E-state index >= 15 is 0 Å². The van der Waals surface area contributed by atoms with Crippen molar-refractivity contribution in [2.75, 3.05) is 6.54 Å². The monoisotopic (exact) mass is 559 g/mol. The molecule has 3 aromatic rings. The molecule has 12 heteroatoms. The first-order valence-corrected chi connectivity index (χ1v) is 10.6. The van der Waals surface area contributed by atoms with Crippen LogP contribution in [0.1, 0.15) is 16.3 Å². The molecule has 0 fully saturated rings. The van der Waals surface area contributed by atoms with Gasteiger partial charge in [-0.25, -0.2) is 0 Å². The summed E-state index contributed by atoms with van der Waals surface area (Å²) in [6.07, 6.45) is 3.47. The van der Waals surface area contributed by atoms with Crippen molar-refractivity contribution in [3.05, 3.63) is 65.6 Å². The molecule has 0 unspecified atom stereocenters. The summed E-state index contributed by atoms with van der Waals surface area (Å²) >= 11 is 33.5. The molecule has 1 aromatic carbocycles. The Kier molecular flexibility index (Phi) is 7.64. The van der Waals surface area contributed by atoms with Crippen LogP contribution in [-0.2, 0) is 13.2 Å². The number of nitrogens with zero attached hydrogens (tertiary/aromatic N) is 2. The number of furan rings is 1. The summed E-state index contributed by atoms with van der Waals surface area (Å²) in [6, 6.07) is 3.13. The second-order valence-corrected chi connectivity index (χ2v) is 8.44. The molecular weight excluding hydrogens is 551 g/mol. The van der Waals surface area contributed by atoms with E-state index in [0.29, 0.717) is 18.8 Å². The van der Waals surface area contributed by atoms with Crippen molar-refractivity contribution in [2.45, 2.75) is 13.2 Å². The van der Waals surface area contributed by atoms with Gasteiger partial charge in [-0.05, 0) is 28.1 Å². The van der Waals surface area contributed by atoms with Crippen LogP contribution in [0.3, 0.4) is 0 Å². The van der Waals surface area contributed by atoms with E-state index in [9.17, 15) is 4.79 Å². The first-order chi connectivity index (χ1) is 13.8. The van der Waals surface area contributed by atoms with Crippen molar-refractivity contribution in [1.82, 2.24) is 15.1 Å². The van der Waals surface area contributed by atoms with E-state index in [1.165, 1.54) is 6.07 Å². The van der Waals surface area contributed by atoms with Gasteiger partial charge in [0.15, 0.2) is 11.5 Å². The van der Waals surface area contributed by atoms with Gasteiger partial charge in [0.1, 0.15) is 22.4 Å². The maximum absolute atomic E-state index is 12.2. The van der Waals surface area contributed by atoms with E-state index in [1.54, 1.807) is 23.1 Å². The minimum absolute atomic E-state index is 0.0286. The molecule has 0 saturated heterocycles. The summed E-state index contributed by atoms with van der Waals surface area (Å²) in [5.74, 6) is 0.215. The van der Waals surface area contributed by atoms with Gasteiger partial charge in [0, 0.05) is 12.7 Å². The van der Waals surface area contributed by atoms with Gasteiger partial charge in [0.25, 0.3) is 5.91 Å². The number of aromatic nitrogens is 2. The molecule has 1 amide bonds. The Hall–Kier alpha value is -1.09. The highest BCUT2D eigenvalue weighted by Crippen LogP contribution is 2.48. The SMILES string of the molecule is O=C(NCCn1cc(Br)cn1)c1ccc(COc2c(Cl)c(Cl)c(Cl)c(Cl)c2Cl)o1. The second kappa shape index (κ2) is 9.81. The normalized spacial score (nSPS) is 11.0. The molecule has 29 heavy (non-hydrogen) atoms. The van der Waals surface area contributed by atoms with Gasteiger partial charge in [-0.3, -0.25) is 9.48 Å². The average Bonchev–Trinajstić information content (AvgIpc) is 3.34. The Balaban J connectivity index is 1.58. The van der Waals surface area contributed by atoms with Crippen LogP contribution >= 0.6 is 73.9 Å². The highest BCUT2D eigenvalue weighted by molar-refractivity contribution is 9.10. The summed E-state index contributed by atoms with van der Waals surface area (Å²) in [5, 5.41) is 7.00. The number of benzene rings is 1. The van der Waals surface area contributed by atoms with Crippen LogP contribution in [0.2, 0.25) is 25.1 Å². The number of ether oxygens (including phenoxy) is 1. The van der Waals surface area contributed by atoms with Crippen LogP contribution in [0.15, 0.2) is 33.4 Å². The molecule has 0 aliphatic heterocycles. The molecule has 154 valence electrons. The zero-order chi connectivity index (χ0) is 21.1. The molecule has 0 aliphatic carbocycles. The van der Waals surface area contributed by atoms with Gasteiger partial charge in [0.05, 0.1) is 32.3 Å². The predicted molar refractivity (Wildman–Crippen MR) is 117 cm³/mol. The highest BCUT2D eigenvalue weighted by atomic mass is 79.9. The van der Waals surface area contributed by atoms with Gasteiger partial charge < -0.3 is 14.5 Å². The standard InChI is InChI=1S/C17H11BrCl5N3O3/c18-8-5-25-26(6-8)4-3-24-17(27)10-2-1-9(29-10)7-28-16-14(22)12(20)11(19)13(21)15(16)23/h1-2,5-6H,3-4,7H2,(H,24,27). The molecule has 3 rings (SSSR count). The maximum Gasteiger partial charge on any atom is 0.287 e. The van der Waals surface area contributed by atoms with Crippen LogP contribution in [0.4, 0.5) is 0 Å². The lowest BCUT2D eigenvalue weighted by Crippen LogP contribution is -2.27. The minimum atomic E-state index is -0.365. The number of amides is 1. The van der Waals surface area contributed by atoms with Crippen molar-refractivity contribution < 1.29 is 13.9 Å². The molecule has 0 aliphatic rings. The number of hydrogen-bond donors (Lipinski definition) is 1. The van der Waals surface area contributed by atoms with E-state index in [-0.39, 0.29) is 49.1 Å². The molecular formula is C17H11BrCl5N3O3. The first kappa shape index (κ1) is 22.6. The smallest absolute Gasteiger partial charge is 0.287 e. The fourth-order valence-corrected chi connectivity index (χ4v) is 3.82. The summed E-state index contributed by atoms with van der Waals surface area (Å²) in [4.78, 5) is 12.2. The predicted octanol–water partition coefficient (Wildman–Crippen LogP) is 6.51. The fraction of sp³-hybridized carbons (Fsp3) is 0.176. The quantitative estimate of drug-likeness (QED) is 0.263. The Morgan fingerprint density at radius 1 is 1.10 bits per heavy atom. The van der Waals surface area contributed by atoms with Crippen LogP contribution < -0.4 is 10.1 Å². The zero-order valence-electron chi connectivity index (χ0n) is 14.3. The third-order valence-corrected chi connectivity index (χ3v) is 6.29. The van der Waals surface area contributed by atoms with Gasteiger partial charge >= 0.3 is 0 Å². The van der Waals surface area contributed by atoms with Crippen molar-refractivity contribution in [1.29, 1.82) is 0 Å². The Morgan fingerprint density at radius 2 is 1.76 bits per heavy atom. The third-order valence-electron chi connectivity index (χ3n) is 3.64. The van der Waals surface area contributed by atoms with Crippen LogP contribution in [0.5, 0.6) is 5.75 Å².